The van der Waals surface area contributed by atoms with Crippen molar-refractivity contribution in [2.24, 2.45) is 0 Å². The number of amides is 1. The standard InChI is InChI=1S/C16H31N3O2/c1-3-21-15-8-5-4-7-14(15)17-16(20)13-19-10-6-9-18(2)11-12-19/h14-15H,3-13H2,1-2H3,(H,17,20)/t14-,15-/m1/s1. The zero-order valence-electron chi connectivity index (χ0n) is 13.6. The van der Waals surface area contributed by atoms with E-state index in [0.717, 1.165) is 52.0 Å². The lowest BCUT2D eigenvalue weighted by Gasteiger charge is -2.32. The maximum Gasteiger partial charge on any atom is 0.234 e. The molecule has 2 fully saturated rings. The second-order valence-electron chi connectivity index (χ2n) is 6.39. The summed E-state index contributed by atoms with van der Waals surface area (Å²) in [6, 6.07) is 0.209. The van der Waals surface area contributed by atoms with E-state index in [9.17, 15) is 4.79 Å². The molecule has 0 spiro atoms. The molecule has 2 atom stereocenters. The predicted octanol–water partition coefficient (Wildman–Crippen LogP) is 1.09. The smallest absolute Gasteiger partial charge is 0.234 e. The van der Waals surface area contributed by atoms with Gasteiger partial charge >= 0.3 is 0 Å². The van der Waals surface area contributed by atoms with Crippen LogP contribution < -0.4 is 5.32 Å². The van der Waals surface area contributed by atoms with Crippen LogP contribution in [0.1, 0.15) is 39.0 Å². The summed E-state index contributed by atoms with van der Waals surface area (Å²) in [6.07, 6.45) is 5.91. The average Bonchev–Trinajstić information content (AvgIpc) is 2.66. The largest absolute Gasteiger partial charge is 0.376 e. The molecule has 0 bridgehead atoms. The van der Waals surface area contributed by atoms with Crippen LogP contribution in [0.3, 0.4) is 0 Å². The highest BCUT2D eigenvalue weighted by Crippen LogP contribution is 2.21. The summed E-state index contributed by atoms with van der Waals surface area (Å²) in [5, 5.41) is 3.21. The molecule has 1 aliphatic heterocycles. The van der Waals surface area contributed by atoms with Gasteiger partial charge in [0.15, 0.2) is 0 Å². The minimum atomic E-state index is 0.163. The lowest BCUT2D eigenvalue weighted by atomic mass is 9.92. The Morgan fingerprint density at radius 1 is 1.14 bits per heavy atom. The topological polar surface area (TPSA) is 44.8 Å². The summed E-state index contributed by atoms with van der Waals surface area (Å²) in [6.45, 7) is 7.49. The summed E-state index contributed by atoms with van der Waals surface area (Å²) in [5.74, 6) is 0.163. The summed E-state index contributed by atoms with van der Waals surface area (Å²) in [4.78, 5) is 16.9. The van der Waals surface area contributed by atoms with Crippen molar-refractivity contribution < 1.29 is 9.53 Å². The van der Waals surface area contributed by atoms with Crippen LogP contribution in [-0.2, 0) is 9.53 Å². The van der Waals surface area contributed by atoms with Crippen LogP contribution in [-0.4, -0.2) is 74.2 Å². The van der Waals surface area contributed by atoms with Crippen molar-refractivity contribution in [3.05, 3.63) is 0 Å². The molecule has 1 saturated carbocycles. The molecular weight excluding hydrogens is 266 g/mol. The molecule has 122 valence electrons. The van der Waals surface area contributed by atoms with E-state index in [1.165, 1.54) is 12.8 Å². The highest BCUT2D eigenvalue weighted by atomic mass is 16.5. The Balaban J connectivity index is 1.77. The summed E-state index contributed by atoms with van der Waals surface area (Å²) in [5.41, 5.74) is 0. The molecule has 21 heavy (non-hydrogen) atoms. The van der Waals surface area contributed by atoms with E-state index in [1.54, 1.807) is 0 Å². The maximum absolute atomic E-state index is 12.3. The summed E-state index contributed by atoms with van der Waals surface area (Å²) >= 11 is 0. The van der Waals surface area contributed by atoms with Crippen LogP contribution in [0.4, 0.5) is 0 Å². The fourth-order valence-electron chi connectivity index (χ4n) is 3.39. The summed E-state index contributed by atoms with van der Waals surface area (Å²) in [7, 11) is 2.15. The molecule has 0 unspecified atom stereocenters. The van der Waals surface area contributed by atoms with E-state index in [2.05, 4.69) is 22.2 Å². The van der Waals surface area contributed by atoms with E-state index in [0.29, 0.717) is 6.54 Å². The van der Waals surface area contributed by atoms with Crippen molar-refractivity contribution in [3.63, 3.8) is 0 Å². The number of ether oxygens (including phenoxy) is 1. The number of hydrogen-bond donors (Lipinski definition) is 1. The highest BCUT2D eigenvalue weighted by molar-refractivity contribution is 5.78. The van der Waals surface area contributed by atoms with Gasteiger partial charge in [-0.1, -0.05) is 12.8 Å². The van der Waals surface area contributed by atoms with Gasteiger partial charge in [0.1, 0.15) is 0 Å². The number of likely N-dealkylation sites (N-methyl/N-ethyl adjacent to an activating group) is 1. The Bertz CT molecular complexity index is 323. The Hall–Kier alpha value is -0.650. The van der Waals surface area contributed by atoms with Gasteiger partial charge in [-0.25, -0.2) is 0 Å². The quantitative estimate of drug-likeness (QED) is 0.825. The Morgan fingerprint density at radius 2 is 1.95 bits per heavy atom. The van der Waals surface area contributed by atoms with Crippen molar-refractivity contribution in [1.82, 2.24) is 15.1 Å². The first-order valence-corrected chi connectivity index (χ1v) is 8.51. The monoisotopic (exact) mass is 297 g/mol. The fourth-order valence-corrected chi connectivity index (χ4v) is 3.39. The molecule has 1 amide bonds. The Kier molecular flexibility index (Phi) is 6.93. The van der Waals surface area contributed by atoms with Crippen molar-refractivity contribution in [1.29, 1.82) is 0 Å². The normalized spacial score (nSPS) is 29.0. The number of nitrogens with zero attached hydrogens (tertiary/aromatic N) is 2. The van der Waals surface area contributed by atoms with Crippen molar-refractivity contribution in [2.75, 3.05) is 46.4 Å². The predicted molar refractivity (Wildman–Crippen MR) is 84.4 cm³/mol. The van der Waals surface area contributed by atoms with Gasteiger partial charge in [-0.2, -0.15) is 0 Å². The first kappa shape index (κ1) is 16.7. The first-order valence-electron chi connectivity index (χ1n) is 8.51. The molecule has 0 aromatic carbocycles. The van der Waals surface area contributed by atoms with Crippen LogP contribution in [0.2, 0.25) is 0 Å². The number of hydrogen-bond acceptors (Lipinski definition) is 4. The molecule has 2 aliphatic rings. The third-order valence-electron chi connectivity index (χ3n) is 4.61. The zero-order chi connectivity index (χ0) is 15.1. The average molecular weight is 297 g/mol. The molecule has 0 aromatic heterocycles. The van der Waals surface area contributed by atoms with Gasteiger partial charge in [-0.3, -0.25) is 9.69 Å². The van der Waals surface area contributed by atoms with Gasteiger partial charge in [0, 0.05) is 19.7 Å². The molecule has 1 aliphatic carbocycles. The molecule has 0 radical (unpaired) electrons. The number of carbonyl (C=O) groups is 1. The zero-order valence-corrected chi connectivity index (χ0v) is 13.6. The molecule has 1 saturated heterocycles. The Morgan fingerprint density at radius 3 is 2.76 bits per heavy atom. The third kappa shape index (κ3) is 5.57. The van der Waals surface area contributed by atoms with Crippen LogP contribution >= 0.6 is 0 Å². The fraction of sp³-hybridized carbons (Fsp3) is 0.938. The lowest BCUT2D eigenvalue weighted by Crippen LogP contribution is -2.49. The van der Waals surface area contributed by atoms with E-state index in [1.807, 2.05) is 6.92 Å². The van der Waals surface area contributed by atoms with Crippen LogP contribution in [0.25, 0.3) is 0 Å². The molecule has 5 nitrogen and oxygen atoms in total. The first-order chi connectivity index (χ1) is 10.2. The van der Waals surface area contributed by atoms with Crippen LogP contribution in [0, 0.1) is 0 Å². The Labute approximate surface area is 129 Å². The van der Waals surface area contributed by atoms with Gasteiger partial charge in [-0.15, -0.1) is 0 Å². The SMILES string of the molecule is CCO[C@@H]1CCCC[C@H]1NC(=O)CN1CCCN(C)CC1. The van der Waals surface area contributed by atoms with Gasteiger partial charge in [-0.05, 0) is 46.3 Å². The van der Waals surface area contributed by atoms with Crippen LogP contribution in [0.5, 0.6) is 0 Å². The molecular formula is C16H31N3O2. The van der Waals surface area contributed by atoms with Crippen molar-refractivity contribution in [3.8, 4) is 0 Å². The minimum Gasteiger partial charge on any atom is -0.376 e. The van der Waals surface area contributed by atoms with Crippen LogP contribution in [0.15, 0.2) is 0 Å². The van der Waals surface area contributed by atoms with E-state index < -0.39 is 0 Å². The van der Waals surface area contributed by atoms with Crippen molar-refractivity contribution >= 4 is 5.91 Å². The number of carbonyl (C=O) groups excluding carboxylic acids is 1. The molecule has 1 heterocycles. The molecule has 1 N–H and O–H groups in total. The van der Waals surface area contributed by atoms with E-state index in [4.69, 9.17) is 4.74 Å². The summed E-state index contributed by atoms with van der Waals surface area (Å²) < 4.78 is 5.79. The molecule has 2 rings (SSSR count). The van der Waals surface area contributed by atoms with E-state index >= 15 is 0 Å². The molecule has 5 heteroatoms. The lowest BCUT2D eigenvalue weighted by molar-refractivity contribution is -0.124. The highest BCUT2D eigenvalue weighted by Gasteiger charge is 2.27. The van der Waals surface area contributed by atoms with Gasteiger partial charge in [0.05, 0.1) is 18.7 Å². The second-order valence-corrected chi connectivity index (χ2v) is 6.39. The van der Waals surface area contributed by atoms with Gasteiger partial charge in [0.2, 0.25) is 5.91 Å². The third-order valence-corrected chi connectivity index (χ3v) is 4.61. The molecule has 0 aromatic rings. The maximum atomic E-state index is 12.3. The van der Waals surface area contributed by atoms with Gasteiger partial charge < -0.3 is 15.0 Å². The van der Waals surface area contributed by atoms with Crippen molar-refractivity contribution in [2.45, 2.75) is 51.2 Å². The van der Waals surface area contributed by atoms with Gasteiger partial charge in [0.25, 0.3) is 0 Å². The number of nitrogens with one attached hydrogen (secondary N) is 1. The minimum absolute atomic E-state index is 0.163. The number of rotatable bonds is 5. The second kappa shape index (κ2) is 8.71. The van der Waals surface area contributed by atoms with E-state index in [-0.39, 0.29) is 18.1 Å².